The molecule has 2 heterocycles. The average molecular weight is 218 g/mol. The second-order valence-corrected chi connectivity index (χ2v) is 3.45. The SMILES string of the molecule is N=C(N=Nc1ccccn1)N1CCNCC1. The summed E-state index contributed by atoms with van der Waals surface area (Å²) in [5.74, 6) is 0.731. The first kappa shape index (κ1) is 10.7. The van der Waals surface area contributed by atoms with Gasteiger partial charge in [0.15, 0.2) is 5.82 Å². The summed E-state index contributed by atoms with van der Waals surface area (Å²) in [6, 6.07) is 5.42. The fourth-order valence-corrected chi connectivity index (χ4v) is 1.45. The highest BCUT2D eigenvalue weighted by atomic mass is 15.3. The number of rotatable bonds is 1. The lowest BCUT2D eigenvalue weighted by molar-refractivity contribution is 0.351. The predicted molar refractivity (Wildman–Crippen MR) is 60.9 cm³/mol. The maximum Gasteiger partial charge on any atom is 0.238 e. The molecule has 1 aliphatic rings. The average Bonchev–Trinajstić information content (AvgIpc) is 2.38. The molecular weight excluding hydrogens is 204 g/mol. The number of nitrogens with zero attached hydrogens (tertiary/aromatic N) is 4. The Morgan fingerprint density at radius 3 is 2.88 bits per heavy atom. The van der Waals surface area contributed by atoms with Crippen LogP contribution in [0.5, 0.6) is 0 Å². The summed E-state index contributed by atoms with van der Waals surface area (Å²) in [5, 5.41) is 18.7. The van der Waals surface area contributed by atoms with Crippen molar-refractivity contribution in [2.75, 3.05) is 26.2 Å². The van der Waals surface area contributed by atoms with Crippen molar-refractivity contribution in [3.63, 3.8) is 0 Å². The van der Waals surface area contributed by atoms with Gasteiger partial charge in [-0.3, -0.25) is 5.41 Å². The van der Waals surface area contributed by atoms with Crippen molar-refractivity contribution in [3.8, 4) is 0 Å². The van der Waals surface area contributed by atoms with Gasteiger partial charge in [0.2, 0.25) is 5.96 Å². The molecule has 1 saturated heterocycles. The molecule has 0 amide bonds. The fraction of sp³-hybridized carbons (Fsp3) is 0.400. The molecule has 84 valence electrons. The normalized spacial score (nSPS) is 16.6. The van der Waals surface area contributed by atoms with Crippen molar-refractivity contribution < 1.29 is 0 Å². The third kappa shape index (κ3) is 2.83. The second kappa shape index (κ2) is 5.32. The van der Waals surface area contributed by atoms with E-state index in [9.17, 15) is 0 Å². The van der Waals surface area contributed by atoms with Crippen LogP contribution in [-0.2, 0) is 0 Å². The van der Waals surface area contributed by atoms with E-state index in [1.54, 1.807) is 12.3 Å². The van der Waals surface area contributed by atoms with E-state index in [1.165, 1.54) is 0 Å². The summed E-state index contributed by atoms with van der Waals surface area (Å²) in [4.78, 5) is 5.90. The number of azo groups is 1. The first-order chi connectivity index (χ1) is 7.86. The minimum absolute atomic E-state index is 0.201. The van der Waals surface area contributed by atoms with Crippen LogP contribution in [0.1, 0.15) is 0 Å². The van der Waals surface area contributed by atoms with Gasteiger partial charge in [-0.25, -0.2) is 4.98 Å². The Hall–Kier alpha value is -1.82. The molecule has 1 aliphatic heterocycles. The fourth-order valence-electron chi connectivity index (χ4n) is 1.45. The molecule has 1 aromatic heterocycles. The van der Waals surface area contributed by atoms with Gasteiger partial charge in [-0.05, 0) is 12.1 Å². The highest BCUT2D eigenvalue weighted by Gasteiger charge is 2.12. The molecule has 6 heteroatoms. The van der Waals surface area contributed by atoms with Crippen molar-refractivity contribution in [2.24, 2.45) is 10.2 Å². The molecule has 0 aliphatic carbocycles. The number of guanidine groups is 1. The molecule has 0 unspecified atom stereocenters. The van der Waals surface area contributed by atoms with Gasteiger partial charge in [0.1, 0.15) is 0 Å². The van der Waals surface area contributed by atoms with E-state index < -0.39 is 0 Å². The van der Waals surface area contributed by atoms with Crippen molar-refractivity contribution in [3.05, 3.63) is 24.4 Å². The van der Waals surface area contributed by atoms with Gasteiger partial charge in [0.05, 0.1) is 0 Å². The van der Waals surface area contributed by atoms with Gasteiger partial charge in [-0.2, -0.15) is 0 Å². The van der Waals surface area contributed by atoms with Crippen LogP contribution < -0.4 is 5.32 Å². The lowest BCUT2D eigenvalue weighted by Gasteiger charge is -2.26. The van der Waals surface area contributed by atoms with Crippen molar-refractivity contribution >= 4 is 11.8 Å². The molecule has 1 aromatic rings. The topological polar surface area (TPSA) is 76.7 Å². The molecule has 1 fully saturated rings. The minimum Gasteiger partial charge on any atom is -0.337 e. The number of aromatic nitrogens is 1. The summed E-state index contributed by atoms with van der Waals surface area (Å²) in [5.41, 5.74) is 0. The summed E-state index contributed by atoms with van der Waals surface area (Å²) in [7, 11) is 0. The van der Waals surface area contributed by atoms with Gasteiger partial charge in [-0.15, -0.1) is 10.2 Å². The van der Waals surface area contributed by atoms with E-state index in [-0.39, 0.29) is 5.96 Å². The highest BCUT2D eigenvalue weighted by molar-refractivity contribution is 5.77. The van der Waals surface area contributed by atoms with Crippen LogP contribution >= 0.6 is 0 Å². The van der Waals surface area contributed by atoms with Gasteiger partial charge in [-0.1, -0.05) is 6.07 Å². The first-order valence-corrected chi connectivity index (χ1v) is 5.23. The Labute approximate surface area is 93.9 Å². The quantitative estimate of drug-likeness (QED) is 0.419. The molecule has 2 N–H and O–H groups in total. The zero-order valence-corrected chi connectivity index (χ0v) is 8.93. The van der Waals surface area contributed by atoms with Gasteiger partial charge in [0, 0.05) is 32.4 Å². The molecule has 0 atom stereocenters. The standard InChI is InChI=1S/C10H14N6/c11-10(16-7-5-12-6-8-16)15-14-9-3-1-2-4-13-9/h1-4,11-12H,5-8H2. The third-order valence-corrected chi connectivity index (χ3v) is 2.31. The Morgan fingerprint density at radius 1 is 1.38 bits per heavy atom. The van der Waals surface area contributed by atoms with Crippen molar-refractivity contribution in [1.82, 2.24) is 15.2 Å². The van der Waals surface area contributed by atoms with E-state index >= 15 is 0 Å². The van der Waals surface area contributed by atoms with E-state index in [1.807, 2.05) is 17.0 Å². The first-order valence-electron chi connectivity index (χ1n) is 5.23. The third-order valence-electron chi connectivity index (χ3n) is 2.31. The summed E-state index contributed by atoms with van der Waals surface area (Å²) in [6.07, 6.45) is 1.66. The number of hydrogen-bond donors (Lipinski definition) is 2. The summed E-state index contributed by atoms with van der Waals surface area (Å²) >= 11 is 0. The smallest absolute Gasteiger partial charge is 0.238 e. The van der Waals surface area contributed by atoms with Crippen molar-refractivity contribution in [1.29, 1.82) is 5.41 Å². The maximum absolute atomic E-state index is 7.74. The molecule has 0 aromatic carbocycles. The van der Waals surface area contributed by atoms with Crippen LogP contribution in [0.15, 0.2) is 34.6 Å². The van der Waals surface area contributed by atoms with Gasteiger partial charge in [0.25, 0.3) is 0 Å². The zero-order chi connectivity index (χ0) is 11.2. The summed E-state index contributed by atoms with van der Waals surface area (Å²) < 4.78 is 0. The second-order valence-electron chi connectivity index (χ2n) is 3.45. The molecule has 16 heavy (non-hydrogen) atoms. The number of pyridine rings is 1. The Kier molecular flexibility index (Phi) is 3.55. The molecule has 0 radical (unpaired) electrons. The molecule has 0 bridgehead atoms. The zero-order valence-electron chi connectivity index (χ0n) is 8.93. The monoisotopic (exact) mass is 218 g/mol. The van der Waals surface area contributed by atoms with Crippen LogP contribution in [0, 0.1) is 5.41 Å². The predicted octanol–water partition coefficient (Wildman–Crippen LogP) is 1.01. The van der Waals surface area contributed by atoms with E-state index in [2.05, 4.69) is 20.5 Å². The molecule has 0 spiro atoms. The molecule has 0 saturated carbocycles. The summed E-state index contributed by atoms with van der Waals surface area (Å²) in [6.45, 7) is 3.39. The lowest BCUT2D eigenvalue weighted by atomic mass is 10.4. The lowest BCUT2D eigenvalue weighted by Crippen LogP contribution is -2.45. The number of piperazine rings is 1. The Balaban J connectivity index is 1.93. The van der Waals surface area contributed by atoms with Crippen LogP contribution in [-0.4, -0.2) is 42.0 Å². The highest BCUT2D eigenvalue weighted by Crippen LogP contribution is 2.06. The molecule has 2 rings (SSSR count). The maximum atomic E-state index is 7.74. The van der Waals surface area contributed by atoms with Crippen LogP contribution in [0.3, 0.4) is 0 Å². The largest absolute Gasteiger partial charge is 0.337 e. The van der Waals surface area contributed by atoms with Crippen LogP contribution in [0.25, 0.3) is 0 Å². The minimum atomic E-state index is 0.201. The van der Waals surface area contributed by atoms with Gasteiger partial charge < -0.3 is 10.2 Å². The molecule has 6 nitrogen and oxygen atoms in total. The Bertz CT molecular complexity index is 368. The van der Waals surface area contributed by atoms with E-state index in [4.69, 9.17) is 5.41 Å². The molecular formula is C10H14N6. The van der Waals surface area contributed by atoms with E-state index in [0.29, 0.717) is 5.82 Å². The van der Waals surface area contributed by atoms with Crippen LogP contribution in [0.2, 0.25) is 0 Å². The van der Waals surface area contributed by atoms with E-state index in [0.717, 1.165) is 26.2 Å². The number of nitrogens with one attached hydrogen (secondary N) is 2. The van der Waals surface area contributed by atoms with Crippen molar-refractivity contribution in [2.45, 2.75) is 0 Å². The van der Waals surface area contributed by atoms with Crippen LogP contribution in [0.4, 0.5) is 5.82 Å². The Morgan fingerprint density at radius 2 is 2.19 bits per heavy atom. The number of hydrogen-bond acceptors (Lipinski definition) is 4. The van der Waals surface area contributed by atoms with Gasteiger partial charge >= 0.3 is 0 Å².